The van der Waals surface area contributed by atoms with E-state index in [1.807, 2.05) is 24.3 Å². The SMILES string of the molecule is Cc1ccc(-c2nc(C3CCCN3)no2)cc1. The van der Waals surface area contributed by atoms with Gasteiger partial charge in [-0.3, -0.25) is 0 Å². The molecule has 0 spiro atoms. The minimum atomic E-state index is 0.262. The minimum Gasteiger partial charge on any atom is -0.334 e. The normalized spacial score (nSPS) is 19.7. The van der Waals surface area contributed by atoms with Gasteiger partial charge in [0, 0.05) is 5.56 Å². The van der Waals surface area contributed by atoms with Crippen molar-refractivity contribution >= 4 is 0 Å². The highest BCUT2D eigenvalue weighted by Crippen LogP contribution is 2.24. The van der Waals surface area contributed by atoms with E-state index in [0.29, 0.717) is 5.89 Å². The van der Waals surface area contributed by atoms with Crippen molar-refractivity contribution in [2.45, 2.75) is 25.8 Å². The number of rotatable bonds is 2. The lowest BCUT2D eigenvalue weighted by Crippen LogP contribution is -2.14. The second-order valence-electron chi connectivity index (χ2n) is 4.47. The van der Waals surface area contributed by atoms with Gasteiger partial charge in [0.05, 0.1) is 6.04 Å². The largest absolute Gasteiger partial charge is 0.334 e. The van der Waals surface area contributed by atoms with E-state index < -0.39 is 0 Å². The maximum Gasteiger partial charge on any atom is 0.257 e. The highest BCUT2D eigenvalue weighted by molar-refractivity contribution is 5.53. The summed E-state index contributed by atoms with van der Waals surface area (Å²) < 4.78 is 5.30. The van der Waals surface area contributed by atoms with Crippen LogP contribution in [0.5, 0.6) is 0 Å². The van der Waals surface area contributed by atoms with E-state index in [1.165, 1.54) is 12.0 Å². The second-order valence-corrected chi connectivity index (χ2v) is 4.47. The summed E-state index contributed by atoms with van der Waals surface area (Å²) in [5.41, 5.74) is 2.21. The molecular formula is C13H15N3O. The van der Waals surface area contributed by atoms with Gasteiger partial charge in [0.15, 0.2) is 5.82 Å². The Balaban J connectivity index is 1.86. The van der Waals surface area contributed by atoms with Gasteiger partial charge in [-0.05, 0) is 38.4 Å². The first-order valence-electron chi connectivity index (χ1n) is 5.97. The fraction of sp³-hybridized carbons (Fsp3) is 0.385. The zero-order chi connectivity index (χ0) is 11.7. The van der Waals surface area contributed by atoms with Crippen LogP contribution in [0, 0.1) is 6.92 Å². The Morgan fingerprint density at radius 2 is 2.12 bits per heavy atom. The molecular weight excluding hydrogens is 214 g/mol. The second kappa shape index (κ2) is 4.30. The molecule has 1 aliphatic rings. The van der Waals surface area contributed by atoms with E-state index in [-0.39, 0.29) is 6.04 Å². The van der Waals surface area contributed by atoms with Crippen molar-refractivity contribution in [3.63, 3.8) is 0 Å². The fourth-order valence-corrected chi connectivity index (χ4v) is 2.09. The van der Waals surface area contributed by atoms with E-state index >= 15 is 0 Å². The molecule has 2 aromatic rings. The van der Waals surface area contributed by atoms with E-state index in [9.17, 15) is 0 Å². The Bertz CT molecular complexity index is 498. The van der Waals surface area contributed by atoms with Crippen molar-refractivity contribution < 1.29 is 4.52 Å². The van der Waals surface area contributed by atoms with Crippen LogP contribution in [-0.2, 0) is 0 Å². The van der Waals surface area contributed by atoms with E-state index in [4.69, 9.17) is 4.52 Å². The average molecular weight is 229 g/mol. The monoisotopic (exact) mass is 229 g/mol. The summed E-state index contributed by atoms with van der Waals surface area (Å²) in [4.78, 5) is 4.45. The molecule has 4 heteroatoms. The van der Waals surface area contributed by atoms with Crippen LogP contribution in [0.25, 0.3) is 11.5 Å². The third-order valence-electron chi connectivity index (χ3n) is 3.11. The predicted molar refractivity (Wildman–Crippen MR) is 64.4 cm³/mol. The quantitative estimate of drug-likeness (QED) is 0.859. The van der Waals surface area contributed by atoms with Crippen molar-refractivity contribution in [3.8, 4) is 11.5 Å². The molecule has 1 aliphatic heterocycles. The molecule has 1 fully saturated rings. The average Bonchev–Trinajstić information content (AvgIpc) is 3.00. The number of benzene rings is 1. The highest BCUT2D eigenvalue weighted by Gasteiger charge is 2.21. The third-order valence-corrected chi connectivity index (χ3v) is 3.11. The van der Waals surface area contributed by atoms with Crippen LogP contribution in [0.2, 0.25) is 0 Å². The zero-order valence-corrected chi connectivity index (χ0v) is 9.81. The van der Waals surface area contributed by atoms with Crippen LogP contribution in [0.4, 0.5) is 0 Å². The number of nitrogens with zero attached hydrogens (tertiary/aromatic N) is 2. The van der Waals surface area contributed by atoms with Gasteiger partial charge in [0.25, 0.3) is 5.89 Å². The Hall–Kier alpha value is -1.68. The number of aryl methyl sites for hydroxylation is 1. The molecule has 0 radical (unpaired) electrons. The minimum absolute atomic E-state index is 0.262. The summed E-state index contributed by atoms with van der Waals surface area (Å²) in [6.45, 7) is 3.10. The smallest absolute Gasteiger partial charge is 0.257 e. The first-order valence-corrected chi connectivity index (χ1v) is 5.97. The van der Waals surface area contributed by atoms with Crippen LogP contribution < -0.4 is 5.32 Å². The van der Waals surface area contributed by atoms with Crippen molar-refractivity contribution in [1.29, 1.82) is 0 Å². The summed E-state index contributed by atoms with van der Waals surface area (Å²) in [6.07, 6.45) is 2.27. The molecule has 0 aliphatic carbocycles. The van der Waals surface area contributed by atoms with Crippen molar-refractivity contribution in [1.82, 2.24) is 15.5 Å². The van der Waals surface area contributed by atoms with E-state index in [0.717, 1.165) is 24.4 Å². The maximum absolute atomic E-state index is 5.30. The molecule has 3 rings (SSSR count). The number of aromatic nitrogens is 2. The predicted octanol–water partition coefficient (Wildman–Crippen LogP) is 2.47. The lowest BCUT2D eigenvalue weighted by atomic mass is 10.1. The zero-order valence-electron chi connectivity index (χ0n) is 9.81. The molecule has 2 heterocycles. The Kier molecular flexibility index (Phi) is 2.65. The summed E-state index contributed by atoms with van der Waals surface area (Å²) in [5, 5.41) is 7.41. The topological polar surface area (TPSA) is 51.0 Å². The molecule has 1 aromatic carbocycles. The van der Waals surface area contributed by atoms with Crippen LogP contribution in [0.15, 0.2) is 28.8 Å². The van der Waals surface area contributed by atoms with E-state index in [2.05, 4.69) is 22.4 Å². The van der Waals surface area contributed by atoms with Gasteiger partial charge in [-0.2, -0.15) is 4.98 Å². The number of hydrogen-bond acceptors (Lipinski definition) is 4. The fourth-order valence-electron chi connectivity index (χ4n) is 2.09. The first kappa shape index (κ1) is 10.5. The van der Waals surface area contributed by atoms with Crippen molar-refractivity contribution in [2.75, 3.05) is 6.54 Å². The molecule has 4 nitrogen and oxygen atoms in total. The summed E-state index contributed by atoms with van der Waals surface area (Å²) in [5.74, 6) is 1.38. The molecule has 17 heavy (non-hydrogen) atoms. The standard InChI is InChI=1S/C13H15N3O/c1-9-4-6-10(7-5-9)13-15-12(16-17-13)11-3-2-8-14-11/h4-7,11,14H,2-3,8H2,1H3. The highest BCUT2D eigenvalue weighted by atomic mass is 16.5. The van der Waals surface area contributed by atoms with Crippen molar-refractivity contribution in [2.24, 2.45) is 0 Å². The van der Waals surface area contributed by atoms with Gasteiger partial charge in [0.2, 0.25) is 0 Å². The molecule has 1 unspecified atom stereocenters. The van der Waals surface area contributed by atoms with Gasteiger partial charge in [0.1, 0.15) is 0 Å². The molecule has 88 valence electrons. The molecule has 0 amide bonds. The number of hydrogen-bond donors (Lipinski definition) is 1. The van der Waals surface area contributed by atoms with Gasteiger partial charge in [-0.25, -0.2) is 0 Å². The van der Waals surface area contributed by atoms with E-state index in [1.54, 1.807) is 0 Å². The third kappa shape index (κ3) is 2.08. The summed E-state index contributed by atoms with van der Waals surface area (Å²) in [7, 11) is 0. The molecule has 1 N–H and O–H groups in total. The molecule has 0 saturated carbocycles. The summed E-state index contributed by atoms with van der Waals surface area (Å²) in [6, 6.07) is 8.38. The Labute approximate surface area is 100 Å². The molecule has 1 aromatic heterocycles. The van der Waals surface area contributed by atoms with Crippen LogP contribution in [-0.4, -0.2) is 16.7 Å². The lowest BCUT2D eigenvalue weighted by molar-refractivity contribution is 0.412. The van der Waals surface area contributed by atoms with Crippen LogP contribution in [0.1, 0.15) is 30.3 Å². The van der Waals surface area contributed by atoms with Gasteiger partial charge < -0.3 is 9.84 Å². The van der Waals surface area contributed by atoms with Crippen LogP contribution in [0.3, 0.4) is 0 Å². The Morgan fingerprint density at radius 1 is 1.29 bits per heavy atom. The number of nitrogens with one attached hydrogen (secondary N) is 1. The molecule has 1 saturated heterocycles. The molecule has 0 bridgehead atoms. The first-order chi connectivity index (χ1) is 8.33. The maximum atomic E-state index is 5.30. The van der Waals surface area contributed by atoms with Crippen LogP contribution >= 0.6 is 0 Å². The molecule has 1 atom stereocenters. The van der Waals surface area contributed by atoms with Gasteiger partial charge in [-0.1, -0.05) is 22.9 Å². The van der Waals surface area contributed by atoms with Gasteiger partial charge >= 0.3 is 0 Å². The lowest BCUT2D eigenvalue weighted by Gasteiger charge is -2.01. The van der Waals surface area contributed by atoms with Gasteiger partial charge in [-0.15, -0.1) is 0 Å². The summed E-state index contributed by atoms with van der Waals surface area (Å²) >= 11 is 0. The van der Waals surface area contributed by atoms with Crippen molar-refractivity contribution in [3.05, 3.63) is 35.7 Å². The Morgan fingerprint density at radius 3 is 2.82 bits per heavy atom.